The van der Waals surface area contributed by atoms with Crippen LogP contribution in [0.3, 0.4) is 0 Å². The molecule has 0 saturated carbocycles. The molecule has 0 N–H and O–H groups in total. The molecule has 0 radical (unpaired) electrons. The molecule has 2 rings (SSSR count). The van der Waals surface area contributed by atoms with Gasteiger partial charge in [0.05, 0.1) is 5.69 Å². The Kier molecular flexibility index (Phi) is 3.01. The van der Waals surface area contributed by atoms with E-state index in [-0.39, 0.29) is 25.0 Å². The molecular formula is C10H8INO3. The number of morpholine rings is 1. The third kappa shape index (κ3) is 2.18. The highest BCUT2D eigenvalue weighted by atomic mass is 127. The lowest BCUT2D eigenvalue weighted by molar-refractivity contribution is -0.138. The van der Waals surface area contributed by atoms with Crippen molar-refractivity contribution < 1.29 is 14.3 Å². The molecule has 4 nitrogen and oxygen atoms in total. The third-order valence-electron chi connectivity index (χ3n) is 2.03. The molecule has 0 atom stereocenters. The van der Waals surface area contributed by atoms with Crippen molar-refractivity contribution >= 4 is 40.1 Å². The summed E-state index contributed by atoms with van der Waals surface area (Å²) in [6.07, 6.45) is 0. The SMILES string of the molecule is O=C1COCC(=O)N1c1ccc(I)cc1. The summed E-state index contributed by atoms with van der Waals surface area (Å²) in [5, 5.41) is 0. The highest BCUT2D eigenvalue weighted by molar-refractivity contribution is 14.1. The van der Waals surface area contributed by atoms with Crippen molar-refractivity contribution in [2.45, 2.75) is 0 Å². The number of carbonyl (C=O) groups excluding carboxylic acids is 2. The quantitative estimate of drug-likeness (QED) is 0.577. The van der Waals surface area contributed by atoms with Crippen LogP contribution in [0.5, 0.6) is 0 Å². The van der Waals surface area contributed by atoms with Gasteiger partial charge in [-0.25, -0.2) is 4.90 Å². The summed E-state index contributed by atoms with van der Waals surface area (Å²) >= 11 is 2.16. The Hall–Kier alpha value is -0.950. The zero-order valence-electron chi connectivity index (χ0n) is 7.77. The largest absolute Gasteiger partial charge is 0.362 e. The van der Waals surface area contributed by atoms with Crippen LogP contribution in [0, 0.1) is 3.57 Å². The van der Waals surface area contributed by atoms with E-state index in [2.05, 4.69) is 22.6 Å². The molecule has 15 heavy (non-hydrogen) atoms. The van der Waals surface area contributed by atoms with E-state index < -0.39 is 0 Å². The monoisotopic (exact) mass is 317 g/mol. The molecule has 1 aliphatic rings. The molecule has 0 aliphatic carbocycles. The fourth-order valence-electron chi connectivity index (χ4n) is 1.37. The van der Waals surface area contributed by atoms with Gasteiger partial charge in [0.1, 0.15) is 13.2 Å². The normalized spacial score (nSPS) is 17.0. The van der Waals surface area contributed by atoms with E-state index in [9.17, 15) is 9.59 Å². The van der Waals surface area contributed by atoms with Gasteiger partial charge in [-0.2, -0.15) is 0 Å². The lowest BCUT2D eigenvalue weighted by Gasteiger charge is -2.24. The fourth-order valence-corrected chi connectivity index (χ4v) is 1.73. The number of hydrogen-bond acceptors (Lipinski definition) is 3. The van der Waals surface area contributed by atoms with E-state index in [1.54, 1.807) is 12.1 Å². The molecule has 1 aromatic rings. The van der Waals surface area contributed by atoms with Crippen LogP contribution < -0.4 is 4.90 Å². The Morgan fingerprint density at radius 1 is 1.07 bits per heavy atom. The van der Waals surface area contributed by atoms with E-state index in [4.69, 9.17) is 4.74 Å². The number of benzene rings is 1. The predicted octanol–water partition coefficient (Wildman–Crippen LogP) is 1.18. The van der Waals surface area contributed by atoms with Crippen molar-refractivity contribution in [3.05, 3.63) is 27.8 Å². The van der Waals surface area contributed by atoms with Crippen LogP contribution in [-0.2, 0) is 14.3 Å². The maximum Gasteiger partial charge on any atom is 0.259 e. The second-order valence-electron chi connectivity index (χ2n) is 3.09. The minimum absolute atomic E-state index is 0.0300. The molecule has 1 fully saturated rings. The smallest absolute Gasteiger partial charge is 0.259 e. The first kappa shape index (κ1) is 10.6. The van der Waals surface area contributed by atoms with Gasteiger partial charge in [0.2, 0.25) is 0 Å². The van der Waals surface area contributed by atoms with Gasteiger partial charge in [-0.15, -0.1) is 0 Å². The number of amides is 2. The van der Waals surface area contributed by atoms with Gasteiger partial charge in [-0.1, -0.05) is 0 Å². The van der Waals surface area contributed by atoms with Crippen LogP contribution in [0.4, 0.5) is 5.69 Å². The molecule has 5 heteroatoms. The first-order chi connectivity index (χ1) is 7.18. The Bertz CT molecular complexity index is 386. The molecule has 0 bridgehead atoms. The Morgan fingerprint density at radius 3 is 2.13 bits per heavy atom. The summed E-state index contributed by atoms with van der Waals surface area (Å²) in [5.41, 5.74) is 0.605. The molecular weight excluding hydrogens is 309 g/mol. The van der Waals surface area contributed by atoms with Crippen molar-refractivity contribution in [3.8, 4) is 0 Å². The molecule has 1 heterocycles. The number of rotatable bonds is 1. The van der Waals surface area contributed by atoms with Crippen LogP contribution >= 0.6 is 22.6 Å². The summed E-state index contributed by atoms with van der Waals surface area (Å²) in [6, 6.07) is 7.21. The van der Waals surface area contributed by atoms with Crippen LogP contribution in [0.2, 0.25) is 0 Å². The molecule has 2 amide bonds. The number of anilines is 1. The maximum absolute atomic E-state index is 11.5. The van der Waals surface area contributed by atoms with E-state index in [0.29, 0.717) is 5.69 Å². The van der Waals surface area contributed by atoms with Crippen molar-refractivity contribution in [2.75, 3.05) is 18.1 Å². The van der Waals surface area contributed by atoms with E-state index in [1.165, 1.54) is 4.90 Å². The maximum atomic E-state index is 11.5. The topological polar surface area (TPSA) is 46.6 Å². The van der Waals surface area contributed by atoms with Crippen molar-refractivity contribution in [2.24, 2.45) is 0 Å². The van der Waals surface area contributed by atoms with Gasteiger partial charge < -0.3 is 4.74 Å². The van der Waals surface area contributed by atoms with Gasteiger partial charge in [0.25, 0.3) is 11.8 Å². The van der Waals surface area contributed by atoms with E-state index in [0.717, 1.165) is 3.57 Å². The third-order valence-corrected chi connectivity index (χ3v) is 2.75. The first-order valence-corrected chi connectivity index (χ1v) is 5.45. The number of halogens is 1. The molecule has 0 unspecified atom stereocenters. The van der Waals surface area contributed by atoms with Crippen LogP contribution in [0.25, 0.3) is 0 Å². The summed E-state index contributed by atoms with van der Waals surface area (Å²) < 4.78 is 5.89. The zero-order chi connectivity index (χ0) is 10.8. The Labute approximate surface area is 100 Å². The molecule has 0 spiro atoms. The molecule has 1 saturated heterocycles. The van der Waals surface area contributed by atoms with Gasteiger partial charge in [0, 0.05) is 3.57 Å². The summed E-state index contributed by atoms with van der Waals surface area (Å²) in [6.45, 7) is -0.0601. The van der Waals surface area contributed by atoms with Gasteiger partial charge in [0.15, 0.2) is 0 Å². The molecule has 1 aliphatic heterocycles. The van der Waals surface area contributed by atoms with Crippen molar-refractivity contribution in [3.63, 3.8) is 0 Å². The number of nitrogens with zero attached hydrogens (tertiary/aromatic N) is 1. The average molecular weight is 317 g/mol. The highest BCUT2D eigenvalue weighted by Crippen LogP contribution is 2.18. The molecule has 1 aromatic carbocycles. The van der Waals surface area contributed by atoms with Crippen molar-refractivity contribution in [1.29, 1.82) is 0 Å². The average Bonchev–Trinajstić information content (AvgIpc) is 2.20. The minimum Gasteiger partial charge on any atom is -0.362 e. The number of imide groups is 1. The lowest BCUT2D eigenvalue weighted by Crippen LogP contribution is -2.46. The minimum atomic E-state index is -0.313. The zero-order valence-corrected chi connectivity index (χ0v) is 9.93. The van der Waals surface area contributed by atoms with Crippen molar-refractivity contribution in [1.82, 2.24) is 0 Å². The highest BCUT2D eigenvalue weighted by Gasteiger charge is 2.27. The number of carbonyl (C=O) groups is 2. The van der Waals surface area contributed by atoms with Gasteiger partial charge in [-0.3, -0.25) is 9.59 Å². The second-order valence-corrected chi connectivity index (χ2v) is 4.34. The molecule has 0 aromatic heterocycles. The number of ether oxygens (including phenoxy) is 1. The summed E-state index contributed by atoms with van der Waals surface area (Å²) in [4.78, 5) is 24.1. The standard InChI is InChI=1S/C10H8INO3/c11-7-1-3-8(4-2-7)12-9(13)5-15-6-10(12)14/h1-4H,5-6H2. The molecule has 78 valence electrons. The fraction of sp³-hybridized carbons (Fsp3) is 0.200. The van der Waals surface area contributed by atoms with Crippen LogP contribution in [0.1, 0.15) is 0 Å². The predicted molar refractivity (Wildman–Crippen MR) is 62.5 cm³/mol. The summed E-state index contributed by atoms with van der Waals surface area (Å²) in [7, 11) is 0. The Morgan fingerprint density at radius 2 is 1.60 bits per heavy atom. The second kappa shape index (κ2) is 4.28. The van der Waals surface area contributed by atoms with E-state index in [1.807, 2.05) is 12.1 Å². The van der Waals surface area contributed by atoms with Crippen LogP contribution in [0.15, 0.2) is 24.3 Å². The number of hydrogen-bond donors (Lipinski definition) is 0. The summed E-state index contributed by atoms with van der Waals surface area (Å²) in [5.74, 6) is -0.625. The lowest BCUT2D eigenvalue weighted by atomic mass is 10.2. The first-order valence-electron chi connectivity index (χ1n) is 4.37. The van der Waals surface area contributed by atoms with Gasteiger partial charge >= 0.3 is 0 Å². The van der Waals surface area contributed by atoms with Crippen LogP contribution in [-0.4, -0.2) is 25.0 Å². The van der Waals surface area contributed by atoms with Gasteiger partial charge in [-0.05, 0) is 46.9 Å². The van der Waals surface area contributed by atoms with E-state index >= 15 is 0 Å². The Balaban J connectivity index is 2.31.